The molecule has 0 unspecified atom stereocenters. The number of hydrogen-bond acceptors (Lipinski definition) is 4. The minimum Gasteiger partial charge on any atom is -0.363 e. The molecule has 1 fully saturated rings. The van der Waals surface area contributed by atoms with Crippen molar-refractivity contribution in [1.29, 1.82) is 0 Å². The van der Waals surface area contributed by atoms with Crippen molar-refractivity contribution >= 4 is 11.6 Å². The van der Waals surface area contributed by atoms with Crippen LogP contribution >= 0.6 is 0 Å². The quantitative estimate of drug-likeness (QED) is 0.420. The van der Waals surface area contributed by atoms with Crippen LogP contribution in [0.15, 0.2) is 36.9 Å². The maximum atomic E-state index is 14.8. The van der Waals surface area contributed by atoms with Gasteiger partial charge in [-0.2, -0.15) is 23.4 Å². The van der Waals surface area contributed by atoms with Gasteiger partial charge in [0.25, 0.3) is 5.91 Å². The molecule has 2 N–H and O–H groups in total. The average Bonchev–Trinajstić information content (AvgIpc) is 3.43. The third-order valence-corrected chi connectivity index (χ3v) is 5.70. The predicted octanol–water partition coefficient (Wildman–Crippen LogP) is 3.37. The molecule has 13 heteroatoms. The first-order valence-corrected chi connectivity index (χ1v) is 10.0. The summed E-state index contributed by atoms with van der Waals surface area (Å²) in [7, 11) is 0. The fourth-order valence-electron chi connectivity index (χ4n) is 3.75. The molecule has 3 heterocycles. The minimum atomic E-state index is -4.72. The van der Waals surface area contributed by atoms with E-state index in [4.69, 9.17) is 6.57 Å². The van der Waals surface area contributed by atoms with Gasteiger partial charge in [0.15, 0.2) is 5.54 Å². The van der Waals surface area contributed by atoms with E-state index in [0.29, 0.717) is 13.0 Å². The van der Waals surface area contributed by atoms with Crippen LogP contribution in [0.5, 0.6) is 0 Å². The first-order valence-electron chi connectivity index (χ1n) is 10.0. The number of alkyl halides is 3. The molecule has 4 rings (SSSR count). The van der Waals surface area contributed by atoms with Crippen LogP contribution in [0.4, 0.5) is 27.6 Å². The summed E-state index contributed by atoms with van der Waals surface area (Å²) in [6.45, 7) is 8.31. The molecule has 1 aliphatic heterocycles. The van der Waals surface area contributed by atoms with E-state index in [9.17, 15) is 26.7 Å². The Morgan fingerprint density at radius 3 is 2.62 bits per heavy atom. The molecule has 0 radical (unpaired) electrons. The Balaban J connectivity index is 1.53. The molecule has 0 saturated carbocycles. The van der Waals surface area contributed by atoms with E-state index in [-0.39, 0.29) is 25.3 Å². The Hall–Kier alpha value is -3.95. The van der Waals surface area contributed by atoms with Gasteiger partial charge < -0.3 is 15.1 Å². The monoisotopic (exact) mass is 479 g/mol. The zero-order valence-electron chi connectivity index (χ0n) is 17.7. The Bertz CT molecular complexity index is 1240. The summed E-state index contributed by atoms with van der Waals surface area (Å²) >= 11 is 0. The highest BCUT2D eigenvalue weighted by Crippen LogP contribution is 2.37. The van der Waals surface area contributed by atoms with Gasteiger partial charge in [0, 0.05) is 29.6 Å². The van der Waals surface area contributed by atoms with Crippen LogP contribution in [-0.2, 0) is 5.54 Å². The largest absolute Gasteiger partial charge is 0.408 e. The van der Waals surface area contributed by atoms with Crippen LogP contribution in [0.25, 0.3) is 16.0 Å². The van der Waals surface area contributed by atoms with Crippen LogP contribution in [0.2, 0.25) is 0 Å². The number of aromatic nitrogens is 4. The average molecular weight is 479 g/mol. The molecule has 2 aromatic heterocycles. The molecular weight excluding hydrogens is 461 g/mol. The van der Waals surface area contributed by atoms with Crippen LogP contribution in [0.3, 0.4) is 0 Å². The number of H-pyrrole nitrogens is 1. The molecule has 34 heavy (non-hydrogen) atoms. The molecule has 1 atom stereocenters. The number of hydrogen-bond donors (Lipinski definition) is 2. The highest BCUT2D eigenvalue weighted by atomic mass is 19.4. The van der Waals surface area contributed by atoms with E-state index in [1.165, 1.54) is 4.90 Å². The SMILES string of the molecule is [C-]#[N+]CC1(n2cc(-c3cn[nH]c3)cn2)CN(c2cc(F)c(C(=O)N[C@@H](C)C(F)(F)F)cc2F)C1. The van der Waals surface area contributed by atoms with Gasteiger partial charge in [-0.3, -0.25) is 14.6 Å². The molecule has 178 valence electrons. The number of nitrogens with zero attached hydrogens (tertiary/aromatic N) is 5. The second kappa shape index (κ2) is 8.44. The Labute approximate surface area is 190 Å². The van der Waals surface area contributed by atoms with Crippen molar-refractivity contribution in [2.24, 2.45) is 0 Å². The standard InChI is InChI=1S/C21H18F5N7O/c1-12(21(24,25)26)31-19(34)15-3-17(23)18(4-16(15)22)32-10-20(11-32,9-27-2)33-8-14(7-30-33)13-5-28-29-6-13/h3-8,12H,9-11H2,1H3,(H,28,29)(H,31,34)/t12-/m0/s1. The molecule has 0 aliphatic carbocycles. The number of rotatable bonds is 6. The molecule has 1 amide bonds. The van der Waals surface area contributed by atoms with Crippen molar-refractivity contribution in [2.45, 2.75) is 24.7 Å². The summed E-state index contributed by atoms with van der Waals surface area (Å²) in [5.74, 6) is -3.50. The van der Waals surface area contributed by atoms with E-state index in [2.05, 4.69) is 20.1 Å². The fourth-order valence-corrected chi connectivity index (χ4v) is 3.75. The van der Waals surface area contributed by atoms with E-state index in [0.717, 1.165) is 17.2 Å². The maximum Gasteiger partial charge on any atom is 0.408 e. The topological polar surface area (TPSA) is 83.2 Å². The summed E-state index contributed by atoms with van der Waals surface area (Å²) in [6, 6.07) is -0.889. The summed E-state index contributed by atoms with van der Waals surface area (Å²) in [5.41, 5.74) is -0.229. The lowest BCUT2D eigenvalue weighted by molar-refractivity contribution is -0.149. The third-order valence-electron chi connectivity index (χ3n) is 5.70. The number of carbonyl (C=O) groups is 1. The normalized spacial score (nSPS) is 16.0. The number of benzene rings is 1. The van der Waals surface area contributed by atoms with Crippen molar-refractivity contribution in [1.82, 2.24) is 25.3 Å². The summed E-state index contributed by atoms with van der Waals surface area (Å²) in [5, 5.41) is 12.5. The second-order valence-electron chi connectivity index (χ2n) is 8.08. The highest BCUT2D eigenvalue weighted by molar-refractivity contribution is 5.95. The minimum absolute atomic E-state index is 0.0376. The predicted molar refractivity (Wildman–Crippen MR) is 111 cm³/mol. The number of aromatic amines is 1. The number of nitrogens with one attached hydrogen (secondary N) is 2. The van der Waals surface area contributed by atoms with Crippen LogP contribution in [0, 0.1) is 18.2 Å². The van der Waals surface area contributed by atoms with Gasteiger partial charge in [-0.15, -0.1) is 0 Å². The Morgan fingerprint density at radius 2 is 2.00 bits per heavy atom. The van der Waals surface area contributed by atoms with E-state index in [1.54, 1.807) is 34.8 Å². The van der Waals surface area contributed by atoms with Crippen molar-refractivity contribution < 1.29 is 26.7 Å². The lowest BCUT2D eigenvalue weighted by Gasteiger charge is -2.48. The number of carbonyl (C=O) groups excluding carboxylic acids is 1. The zero-order chi connectivity index (χ0) is 24.7. The van der Waals surface area contributed by atoms with Gasteiger partial charge >= 0.3 is 6.18 Å². The molecule has 1 aliphatic rings. The van der Waals surface area contributed by atoms with Crippen molar-refractivity contribution in [3.8, 4) is 11.1 Å². The summed E-state index contributed by atoms with van der Waals surface area (Å²) in [4.78, 5) is 17.0. The summed E-state index contributed by atoms with van der Waals surface area (Å²) < 4.78 is 68.9. The zero-order valence-corrected chi connectivity index (χ0v) is 17.7. The van der Waals surface area contributed by atoms with Gasteiger partial charge in [-0.05, 0) is 13.0 Å². The molecule has 3 aromatic rings. The molecule has 1 aromatic carbocycles. The lowest BCUT2D eigenvalue weighted by Crippen LogP contribution is -2.65. The first kappa shape index (κ1) is 23.2. The molecular formula is C21H18F5N7O. The second-order valence-corrected chi connectivity index (χ2v) is 8.08. The highest BCUT2D eigenvalue weighted by Gasteiger charge is 2.49. The molecule has 0 bridgehead atoms. The van der Waals surface area contributed by atoms with E-state index in [1.807, 2.05) is 0 Å². The van der Waals surface area contributed by atoms with E-state index < -0.39 is 40.9 Å². The van der Waals surface area contributed by atoms with Gasteiger partial charge in [-0.25, -0.2) is 15.4 Å². The number of amides is 1. The van der Waals surface area contributed by atoms with Gasteiger partial charge in [0.2, 0.25) is 6.54 Å². The Kier molecular flexibility index (Phi) is 5.76. The molecule has 0 spiro atoms. The van der Waals surface area contributed by atoms with Gasteiger partial charge in [-0.1, -0.05) is 0 Å². The summed E-state index contributed by atoms with van der Waals surface area (Å²) in [6.07, 6.45) is 1.91. The number of anilines is 1. The van der Waals surface area contributed by atoms with Crippen molar-refractivity contribution in [3.05, 3.63) is 65.5 Å². The van der Waals surface area contributed by atoms with Crippen LogP contribution in [-0.4, -0.2) is 57.7 Å². The fraction of sp³-hybridized carbons (Fsp3) is 0.333. The van der Waals surface area contributed by atoms with E-state index >= 15 is 0 Å². The third kappa shape index (κ3) is 4.18. The van der Waals surface area contributed by atoms with Crippen molar-refractivity contribution in [3.63, 3.8) is 0 Å². The van der Waals surface area contributed by atoms with Crippen molar-refractivity contribution in [2.75, 3.05) is 24.5 Å². The van der Waals surface area contributed by atoms with Gasteiger partial charge in [0.1, 0.15) is 17.7 Å². The number of halogens is 5. The van der Waals surface area contributed by atoms with Crippen LogP contribution < -0.4 is 10.2 Å². The molecule has 8 nitrogen and oxygen atoms in total. The van der Waals surface area contributed by atoms with Crippen LogP contribution in [0.1, 0.15) is 17.3 Å². The first-order chi connectivity index (χ1) is 16.0. The lowest BCUT2D eigenvalue weighted by atomic mass is 9.89. The maximum absolute atomic E-state index is 14.8. The smallest absolute Gasteiger partial charge is 0.363 e. The Morgan fingerprint density at radius 1 is 1.26 bits per heavy atom. The van der Waals surface area contributed by atoms with Gasteiger partial charge in [0.05, 0.1) is 36.7 Å². The molecule has 1 saturated heterocycles.